The number of pyridine rings is 1. The molecular weight excluding hydrogens is 262 g/mol. The van der Waals surface area contributed by atoms with E-state index in [9.17, 15) is 10.1 Å². The van der Waals surface area contributed by atoms with Crippen LogP contribution in [0.4, 0.5) is 11.5 Å². The second-order valence-corrected chi connectivity index (χ2v) is 3.96. The number of fused-ring (bicyclic) bond motifs is 1. The molecule has 0 saturated carbocycles. The summed E-state index contributed by atoms with van der Waals surface area (Å²) in [7, 11) is 0. The smallest absolute Gasteiger partial charge is 0.276 e. The van der Waals surface area contributed by atoms with E-state index in [0.29, 0.717) is 11.0 Å². The highest BCUT2D eigenvalue weighted by atomic mass is 16.6. The quantitative estimate of drug-likeness (QED) is 0.413. The Bertz CT molecular complexity index is 798. The van der Waals surface area contributed by atoms with E-state index in [0.717, 1.165) is 0 Å². The van der Waals surface area contributed by atoms with Crippen molar-refractivity contribution in [3.05, 3.63) is 46.5 Å². The van der Waals surface area contributed by atoms with E-state index >= 15 is 0 Å². The van der Waals surface area contributed by atoms with Crippen LogP contribution in [0.25, 0.3) is 16.9 Å². The molecular formula is C11H9N7O2. The van der Waals surface area contributed by atoms with Gasteiger partial charge < -0.3 is 5.43 Å². The maximum atomic E-state index is 10.9. The van der Waals surface area contributed by atoms with Crippen LogP contribution in [0, 0.1) is 10.1 Å². The molecule has 0 amide bonds. The molecule has 100 valence electrons. The standard InChI is InChI=1S/C11H9N7O2/c12-14-10-5-7(18(19)20)6-11(13-10)17-9-4-2-1-3-8(9)15-16-17/h1-6H,12H2,(H,13,14). The third kappa shape index (κ3) is 1.91. The molecule has 2 heterocycles. The highest BCUT2D eigenvalue weighted by molar-refractivity contribution is 5.75. The number of benzene rings is 1. The Labute approximate surface area is 112 Å². The third-order valence-corrected chi connectivity index (χ3v) is 2.72. The van der Waals surface area contributed by atoms with E-state index in [-0.39, 0.29) is 17.3 Å². The van der Waals surface area contributed by atoms with Gasteiger partial charge in [0.1, 0.15) is 11.3 Å². The van der Waals surface area contributed by atoms with Crippen molar-refractivity contribution in [2.75, 3.05) is 5.43 Å². The number of aromatic nitrogens is 4. The summed E-state index contributed by atoms with van der Waals surface area (Å²) in [6.07, 6.45) is 0. The number of hydrogen-bond acceptors (Lipinski definition) is 7. The SMILES string of the molecule is NNc1cc([N+](=O)[O-])cc(-n2nnc3ccccc32)n1. The van der Waals surface area contributed by atoms with E-state index in [1.807, 2.05) is 12.1 Å². The van der Waals surface area contributed by atoms with Gasteiger partial charge in [-0.3, -0.25) is 10.1 Å². The van der Waals surface area contributed by atoms with Crippen LogP contribution < -0.4 is 11.3 Å². The van der Waals surface area contributed by atoms with Gasteiger partial charge in [-0.25, -0.2) is 10.8 Å². The van der Waals surface area contributed by atoms with Gasteiger partial charge >= 0.3 is 0 Å². The predicted molar refractivity (Wildman–Crippen MR) is 71.1 cm³/mol. The summed E-state index contributed by atoms with van der Waals surface area (Å²) < 4.78 is 1.42. The van der Waals surface area contributed by atoms with Crippen molar-refractivity contribution in [3.63, 3.8) is 0 Å². The summed E-state index contributed by atoms with van der Waals surface area (Å²) in [6, 6.07) is 9.78. The summed E-state index contributed by atoms with van der Waals surface area (Å²) >= 11 is 0. The van der Waals surface area contributed by atoms with Gasteiger partial charge in [0.05, 0.1) is 22.6 Å². The van der Waals surface area contributed by atoms with Gasteiger partial charge in [0.2, 0.25) is 0 Å². The van der Waals surface area contributed by atoms with Crippen molar-refractivity contribution in [3.8, 4) is 5.82 Å². The molecule has 20 heavy (non-hydrogen) atoms. The highest BCUT2D eigenvalue weighted by Crippen LogP contribution is 2.21. The molecule has 1 aromatic carbocycles. The van der Waals surface area contributed by atoms with Crippen LogP contribution in [0.3, 0.4) is 0 Å². The van der Waals surface area contributed by atoms with Crippen molar-refractivity contribution >= 4 is 22.5 Å². The van der Waals surface area contributed by atoms with Crippen molar-refractivity contribution in [2.24, 2.45) is 5.84 Å². The fourth-order valence-corrected chi connectivity index (χ4v) is 1.83. The largest absolute Gasteiger partial charge is 0.308 e. The molecule has 0 saturated heterocycles. The molecule has 0 aliphatic carbocycles. The zero-order valence-electron chi connectivity index (χ0n) is 10.1. The van der Waals surface area contributed by atoms with Crippen molar-refractivity contribution in [1.82, 2.24) is 20.0 Å². The van der Waals surface area contributed by atoms with E-state index in [4.69, 9.17) is 5.84 Å². The number of anilines is 1. The predicted octanol–water partition coefficient (Wildman–Crippen LogP) is 1.01. The lowest BCUT2D eigenvalue weighted by atomic mass is 10.3. The number of hydrazine groups is 1. The molecule has 0 aliphatic rings. The van der Waals surface area contributed by atoms with Crippen LogP contribution in [0.15, 0.2) is 36.4 Å². The van der Waals surface area contributed by atoms with Gasteiger partial charge in [-0.05, 0) is 12.1 Å². The average Bonchev–Trinajstić information content (AvgIpc) is 2.90. The van der Waals surface area contributed by atoms with Crippen molar-refractivity contribution in [1.29, 1.82) is 0 Å². The lowest BCUT2D eigenvalue weighted by molar-refractivity contribution is -0.384. The first-order chi connectivity index (χ1) is 9.69. The zero-order chi connectivity index (χ0) is 14.1. The number of rotatable bonds is 3. The summed E-state index contributed by atoms with van der Waals surface area (Å²) in [5, 5.41) is 18.8. The molecule has 0 atom stereocenters. The Hall–Kier alpha value is -3.07. The van der Waals surface area contributed by atoms with Crippen LogP contribution in [0.5, 0.6) is 0 Å². The van der Waals surface area contributed by atoms with Crippen molar-refractivity contribution < 1.29 is 4.92 Å². The number of nitrogens with zero attached hydrogens (tertiary/aromatic N) is 5. The molecule has 3 aromatic rings. The van der Waals surface area contributed by atoms with Gasteiger partial charge in [-0.15, -0.1) is 5.10 Å². The number of para-hydroxylation sites is 1. The summed E-state index contributed by atoms with van der Waals surface area (Å²) in [6.45, 7) is 0. The molecule has 0 bridgehead atoms. The van der Waals surface area contributed by atoms with Crippen LogP contribution in [-0.4, -0.2) is 24.9 Å². The number of hydrogen-bond donors (Lipinski definition) is 2. The van der Waals surface area contributed by atoms with Crippen LogP contribution in [-0.2, 0) is 0 Å². The number of nitro groups is 1. The molecule has 3 rings (SSSR count). The van der Waals surface area contributed by atoms with Gasteiger partial charge in [0, 0.05) is 0 Å². The lowest BCUT2D eigenvalue weighted by Crippen LogP contribution is -2.11. The van der Waals surface area contributed by atoms with E-state index in [1.165, 1.54) is 16.8 Å². The summed E-state index contributed by atoms with van der Waals surface area (Å²) in [4.78, 5) is 14.5. The Morgan fingerprint density at radius 2 is 2.10 bits per heavy atom. The normalized spacial score (nSPS) is 10.7. The van der Waals surface area contributed by atoms with Crippen LogP contribution in [0.2, 0.25) is 0 Å². The van der Waals surface area contributed by atoms with Gasteiger partial charge in [-0.2, -0.15) is 4.68 Å². The molecule has 9 nitrogen and oxygen atoms in total. The van der Waals surface area contributed by atoms with E-state index in [2.05, 4.69) is 20.7 Å². The minimum Gasteiger partial charge on any atom is -0.308 e. The summed E-state index contributed by atoms with van der Waals surface area (Å²) in [5.74, 6) is 5.71. The Morgan fingerprint density at radius 3 is 2.85 bits per heavy atom. The fourth-order valence-electron chi connectivity index (χ4n) is 1.83. The Morgan fingerprint density at radius 1 is 1.30 bits per heavy atom. The highest BCUT2D eigenvalue weighted by Gasteiger charge is 2.14. The second kappa shape index (κ2) is 4.55. The Balaban J connectivity index is 2.23. The van der Waals surface area contributed by atoms with Gasteiger partial charge in [0.25, 0.3) is 5.69 Å². The van der Waals surface area contributed by atoms with E-state index in [1.54, 1.807) is 12.1 Å². The third-order valence-electron chi connectivity index (χ3n) is 2.72. The lowest BCUT2D eigenvalue weighted by Gasteiger charge is -2.04. The maximum absolute atomic E-state index is 10.9. The van der Waals surface area contributed by atoms with Crippen molar-refractivity contribution in [2.45, 2.75) is 0 Å². The Kier molecular flexibility index (Phi) is 2.73. The molecule has 2 aromatic heterocycles. The minimum atomic E-state index is -0.523. The molecule has 0 radical (unpaired) electrons. The van der Waals surface area contributed by atoms with Crippen LogP contribution >= 0.6 is 0 Å². The molecule has 0 unspecified atom stereocenters. The zero-order valence-corrected chi connectivity index (χ0v) is 10.1. The molecule has 9 heteroatoms. The molecule has 0 fully saturated rings. The molecule has 3 N–H and O–H groups in total. The number of nitrogen functional groups attached to an aromatic ring is 1. The number of nitrogens with one attached hydrogen (secondary N) is 1. The molecule has 0 spiro atoms. The topological polar surface area (TPSA) is 125 Å². The van der Waals surface area contributed by atoms with E-state index < -0.39 is 4.92 Å². The van der Waals surface area contributed by atoms with Gasteiger partial charge in [0.15, 0.2) is 5.82 Å². The average molecular weight is 271 g/mol. The maximum Gasteiger partial charge on any atom is 0.276 e. The number of nitrogens with two attached hydrogens (primary N) is 1. The summed E-state index contributed by atoms with van der Waals surface area (Å²) in [5.41, 5.74) is 3.53. The molecule has 0 aliphatic heterocycles. The fraction of sp³-hybridized carbons (Fsp3) is 0. The first-order valence-electron chi connectivity index (χ1n) is 5.63. The second-order valence-electron chi connectivity index (χ2n) is 3.96. The minimum absolute atomic E-state index is 0.137. The first-order valence-corrected chi connectivity index (χ1v) is 5.63. The first kappa shape index (κ1) is 12.0. The monoisotopic (exact) mass is 271 g/mol. The van der Waals surface area contributed by atoms with Crippen LogP contribution in [0.1, 0.15) is 0 Å². The van der Waals surface area contributed by atoms with Gasteiger partial charge in [-0.1, -0.05) is 17.3 Å².